The zero-order valence-electron chi connectivity index (χ0n) is 16.6. The smallest absolute Gasteiger partial charge is 0.276 e. The topological polar surface area (TPSA) is 130 Å². The van der Waals surface area contributed by atoms with Gasteiger partial charge in [0.1, 0.15) is 27.8 Å². The molecule has 2 rings (SSSR count). The molecular weight excluding hydrogens is 411 g/mol. The van der Waals surface area contributed by atoms with Crippen LogP contribution in [0.15, 0.2) is 41.9 Å². The van der Waals surface area contributed by atoms with Crippen LogP contribution in [0.4, 0.5) is 10.1 Å². The maximum Gasteiger partial charge on any atom is 0.276 e. The van der Waals surface area contributed by atoms with Gasteiger partial charge in [-0.2, -0.15) is 5.26 Å². The summed E-state index contributed by atoms with van der Waals surface area (Å²) >= 11 is 0. The Balaban J connectivity index is 2.32. The van der Waals surface area contributed by atoms with Crippen LogP contribution in [0.2, 0.25) is 0 Å². The van der Waals surface area contributed by atoms with Gasteiger partial charge in [0.05, 0.1) is 18.3 Å². The quantitative estimate of drug-likeness (QED) is 0.521. The average molecular weight is 434 g/mol. The minimum absolute atomic E-state index is 0.0242. The van der Waals surface area contributed by atoms with Crippen molar-refractivity contribution in [3.8, 4) is 11.8 Å². The van der Waals surface area contributed by atoms with Gasteiger partial charge in [-0.25, -0.2) is 13.7 Å². The molecule has 0 bridgehead atoms. The summed E-state index contributed by atoms with van der Waals surface area (Å²) in [6.07, 6.45) is 2.67. The highest BCUT2D eigenvalue weighted by Crippen LogP contribution is 2.30. The minimum Gasteiger partial charge on any atom is -0.489 e. The molecule has 3 atom stereocenters. The molecule has 1 heterocycles. The van der Waals surface area contributed by atoms with Crippen molar-refractivity contribution >= 4 is 22.6 Å². The third-order valence-corrected chi connectivity index (χ3v) is 5.16. The van der Waals surface area contributed by atoms with Crippen LogP contribution in [0.1, 0.15) is 29.4 Å². The molecule has 1 amide bonds. The number of anilines is 1. The zero-order chi connectivity index (χ0) is 22.4. The van der Waals surface area contributed by atoms with Gasteiger partial charge in [-0.05, 0) is 24.6 Å². The Hall–Kier alpha value is -3.00. The second-order valence-electron chi connectivity index (χ2n) is 6.72. The van der Waals surface area contributed by atoms with Gasteiger partial charge in [0.25, 0.3) is 5.91 Å². The zero-order valence-corrected chi connectivity index (χ0v) is 17.4. The van der Waals surface area contributed by atoms with Crippen molar-refractivity contribution < 1.29 is 23.2 Å². The number of rotatable bonds is 9. The number of aliphatic hydroxyl groups is 1. The molecule has 0 spiro atoms. The molecule has 1 aromatic carbocycles. The number of aliphatic hydroxyl groups excluding tert-OH is 1. The average Bonchev–Trinajstić information content (AvgIpc) is 3.04. The molecule has 160 valence electrons. The number of aromatic nitrogens is 1. The molecule has 0 saturated carbocycles. The van der Waals surface area contributed by atoms with Crippen molar-refractivity contribution in [2.45, 2.75) is 24.3 Å². The summed E-state index contributed by atoms with van der Waals surface area (Å²) in [5.74, 6) is -1.60. The van der Waals surface area contributed by atoms with Gasteiger partial charge >= 0.3 is 0 Å². The molecular formula is C20H23FN4O4S. The summed E-state index contributed by atoms with van der Waals surface area (Å²) in [6.45, 7) is 5.38. The largest absolute Gasteiger partial charge is 0.489 e. The predicted octanol–water partition coefficient (Wildman–Crippen LogP) is 2.22. The lowest BCUT2D eigenvalue weighted by atomic mass is 10.0. The van der Waals surface area contributed by atoms with Crippen molar-refractivity contribution in [1.29, 1.82) is 5.26 Å². The molecule has 10 heteroatoms. The normalized spacial score (nSPS) is 13.7. The number of amides is 1. The maximum atomic E-state index is 13.5. The number of aryl methyl sites for hydroxylation is 1. The third kappa shape index (κ3) is 5.33. The first-order valence-electron chi connectivity index (χ1n) is 8.97. The Kier molecular flexibility index (Phi) is 7.88. The lowest BCUT2D eigenvalue weighted by molar-refractivity contribution is 0.0850. The second kappa shape index (κ2) is 10.2. The molecule has 0 aliphatic heterocycles. The fourth-order valence-electron chi connectivity index (χ4n) is 2.73. The van der Waals surface area contributed by atoms with Gasteiger partial charge in [0.15, 0.2) is 11.4 Å². The Morgan fingerprint density at radius 2 is 2.27 bits per heavy atom. The van der Waals surface area contributed by atoms with Gasteiger partial charge in [-0.3, -0.25) is 4.79 Å². The molecule has 4 N–H and O–H groups in total. The lowest BCUT2D eigenvalue weighted by Gasteiger charge is -2.19. The van der Waals surface area contributed by atoms with Crippen LogP contribution in [0.25, 0.3) is 0 Å². The van der Waals surface area contributed by atoms with Crippen molar-refractivity contribution in [2.24, 2.45) is 18.1 Å². The Morgan fingerprint density at radius 1 is 1.57 bits per heavy atom. The van der Waals surface area contributed by atoms with Crippen LogP contribution >= 0.6 is 0 Å². The van der Waals surface area contributed by atoms with Crippen molar-refractivity contribution in [2.75, 3.05) is 11.9 Å². The van der Waals surface area contributed by atoms with E-state index in [9.17, 15) is 18.5 Å². The fraction of sp³-hybridized carbons (Fsp3) is 0.300. The van der Waals surface area contributed by atoms with E-state index in [1.54, 1.807) is 26.1 Å². The monoisotopic (exact) mass is 434 g/mol. The van der Waals surface area contributed by atoms with Gasteiger partial charge in [0.2, 0.25) is 0 Å². The van der Waals surface area contributed by atoms with E-state index in [1.165, 1.54) is 22.9 Å². The van der Waals surface area contributed by atoms with Crippen LogP contribution in [0, 0.1) is 23.1 Å². The van der Waals surface area contributed by atoms with E-state index >= 15 is 0 Å². The molecule has 8 nitrogen and oxygen atoms in total. The lowest BCUT2D eigenvalue weighted by Crippen LogP contribution is -2.24. The SMILES string of the molecule is C=CCC(O)C(C)COc1c(S(N)=O)cn(C)c1C(=O)Nc1ccc(F)c(C#N)c1. The second-order valence-corrected chi connectivity index (χ2v) is 7.75. The number of nitrogens with one attached hydrogen (secondary N) is 1. The van der Waals surface area contributed by atoms with Gasteiger partial charge in [-0.1, -0.05) is 13.0 Å². The molecule has 0 aliphatic carbocycles. The van der Waals surface area contributed by atoms with Crippen LogP contribution < -0.4 is 15.2 Å². The van der Waals surface area contributed by atoms with E-state index in [1.807, 2.05) is 0 Å². The summed E-state index contributed by atoms with van der Waals surface area (Å²) < 4.78 is 32.6. The molecule has 1 aromatic heterocycles. The Morgan fingerprint density at radius 3 is 2.87 bits per heavy atom. The first-order valence-corrected chi connectivity index (χ1v) is 10.2. The third-order valence-electron chi connectivity index (χ3n) is 4.43. The summed E-state index contributed by atoms with van der Waals surface area (Å²) in [4.78, 5) is 13.0. The number of benzene rings is 1. The van der Waals surface area contributed by atoms with E-state index in [0.717, 1.165) is 6.07 Å². The molecule has 0 fully saturated rings. The summed E-state index contributed by atoms with van der Waals surface area (Å²) in [5.41, 5.74) is 0.0253. The number of hydrogen-bond acceptors (Lipinski definition) is 5. The summed E-state index contributed by atoms with van der Waals surface area (Å²) in [5, 5.41) is 27.1. The highest BCUT2D eigenvalue weighted by atomic mass is 32.2. The Bertz CT molecular complexity index is 1010. The minimum atomic E-state index is -1.93. The van der Waals surface area contributed by atoms with Crippen LogP contribution in [-0.4, -0.2) is 32.5 Å². The van der Waals surface area contributed by atoms with Crippen molar-refractivity contribution in [1.82, 2.24) is 4.57 Å². The van der Waals surface area contributed by atoms with E-state index in [0.29, 0.717) is 6.42 Å². The number of hydrogen-bond donors (Lipinski definition) is 3. The number of nitrogens with two attached hydrogens (primary N) is 1. The van der Waals surface area contributed by atoms with Crippen LogP contribution in [-0.2, 0) is 18.0 Å². The van der Waals surface area contributed by atoms with Crippen molar-refractivity contribution in [3.05, 3.63) is 54.1 Å². The summed E-state index contributed by atoms with van der Waals surface area (Å²) in [6, 6.07) is 5.28. The van der Waals surface area contributed by atoms with E-state index in [4.69, 9.17) is 15.1 Å². The van der Waals surface area contributed by atoms with E-state index in [2.05, 4.69) is 11.9 Å². The summed E-state index contributed by atoms with van der Waals surface area (Å²) in [7, 11) is -0.372. The van der Waals surface area contributed by atoms with Crippen LogP contribution in [0.3, 0.4) is 0 Å². The number of nitrogens with zero attached hydrogens (tertiary/aromatic N) is 2. The molecule has 0 aliphatic rings. The van der Waals surface area contributed by atoms with Gasteiger partial charge < -0.3 is 19.7 Å². The highest BCUT2D eigenvalue weighted by Gasteiger charge is 2.26. The number of ether oxygens (including phenoxy) is 1. The molecule has 30 heavy (non-hydrogen) atoms. The highest BCUT2D eigenvalue weighted by molar-refractivity contribution is 7.82. The predicted molar refractivity (Wildman–Crippen MR) is 111 cm³/mol. The number of carbonyl (C=O) groups excluding carboxylic acids is 1. The van der Waals surface area contributed by atoms with E-state index < -0.39 is 28.8 Å². The molecule has 3 unspecified atom stereocenters. The molecule has 0 radical (unpaired) electrons. The number of carbonyl (C=O) groups is 1. The Labute approximate surface area is 176 Å². The maximum absolute atomic E-state index is 13.5. The first-order chi connectivity index (χ1) is 14.2. The fourth-order valence-corrected chi connectivity index (χ4v) is 3.33. The molecule has 2 aromatic rings. The molecule has 0 saturated heterocycles. The van der Waals surface area contributed by atoms with Gasteiger partial charge in [0, 0.05) is 24.8 Å². The van der Waals surface area contributed by atoms with Crippen molar-refractivity contribution in [3.63, 3.8) is 0 Å². The van der Waals surface area contributed by atoms with Gasteiger partial charge in [-0.15, -0.1) is 6.58 Å². The number of nitriles is 1. The standard InChI is InChI=1S/C20H23FN4O4S/c1-4-5-16(26)12(2)11-29-19-17(30(23)28)10-25(3)18(19)20(27)24-14-6-7-15(21)13(8-14)9-22/h4,6-8,10,12,16,26H,1,5,11,23H2,2-3H3,(H,24,27). The first kappa shape index (κ1) is 23.3. The van der Waals surface area contributed by atoms with Crippen LogP contribution in [0.5, 0.6) is 5.75 Å². The number of halogens is 1. The van der Waals surface area contributed by atoms with E-state index in [-0.39, 0.29) is 40.1 Å².